The Morgan fingerprint density at radius 2 is 2.05 bits per heavy atom. The zero-order valence-electron chi connectivity index (χ0n) is 12.1. The van der Waals surface area contributed by atoms with Gasteiger partial charge < -0.3 is 10.0 Å². The van der Waals surface area contributed by atoms with E-state index in [4.69, 9.17) is 0 Å². The van der Waals surface area contributed by atoms with Gasteiger partial charge in [-0.15, -0.1) is 0 Å². The van der Waals surface area contributed by atoms with Gasteiger partial charge in [-0.1, -0.05) is 26.0 Å². The first kappa shape index (κ1) is 14.3. The molecular formula is C16H24FNO. The van der Waals surface area contributed by atoms with Gasteiger partial charge in [-0.25, -0.2) is 4.39 Å². The van der Waals surface area contributed by atoms with Gasteiger partial charge in [0.15, 0.2) is 0 Å². The summed E-state index contributed by atoms with van der Waals surface area (Å²) in [5.74, 6) is 0.0166. The second-order valence-corrected chi connectivity index (χ2v) is 6.57. The van der Waals surface area contributed by atoms with Crippen LogP contribution in [0.3, 0.4) is 0 Å². The van der Waals surface area contributed by atoms with Crippen molar-refractivity contribution in [3.05, 3.63) is 30.1 Å². The van der Waals surface area contributed by atoms with Crippen molar-refractivity contribution in [3.8, 4) is 0 Å². The summed E-state index contributed by atoms with van der Waals surface area (Å²) in [6.07, 6.45) is 2.64. The minimum atomic E-state index is -0.262. The fourth-order valence-corrected chi connectivity index (χ4v) is 3.12. The highest BCUT2D eigenvalue weighted by atomic mass is 19.1. The van der Waals surface area contributed by atoms with E-state index in [0.29, 0.717) is 12.2 Å². The largest absolute Gasteiger partial charge is 0.393 e. The molecule has 2 rings (SSSR count). The molecule has 2 atom stereocenters. The molecular weight excluding hydrogens is 241 g/mol. The number of hydrogen-bond donors (Lipinski definition) is 1. The van der Waals surface area contributed by atoms with Crippen LogP contribution in [0.15, 0.2) is 24.3 Å². The number of halogens is 1. The van der Waals surface area contributed by atoms with Crippen molar-refractivity contribution in [2.45, 2.75) is 39.2 Å². The van der Waals surface area contributed by atoms with E-state index in [2.05, 4.69) is 13.8 Å². The van der Waals surface area contributed by atoms with Crippen molar-refractivity contribution in [1.82, 2.24) is 0 Å². The van der Waals surface area contributed by atoms with Gasteiger partial charge in [0.05, 0.1) is 11.8 Å². The Bertz CT molecular complexity index is 433. The molecule has 0 radical (unpaired) electrons. The van der Waals surface area contributed by atoms with Gasteiger partial charge in [-0.2, -0.15) is 0 Å². The molecule has 1 aromatic carbocycles. The third-order valence-corrected chi connectivity index (χ3v) is 4.25. The molecule has 2 unspecified atom stereocenters. The normalized spacial score (nSPS) is 26.2. The van der Waals surface area contributed by atoms with Gasteiger partial charge in [0.2, 0.25) is 0 Å². The lowest BCUT2D eigenvalue weighted by Gasteiger charge is -2.40. The smallest absolute Gasteiger partial charge is 0.146 e. The van der Waals surface area contributed by atoms with Crippen LogP contribution in [0.25, 0.3) is 0 Å². The maximum atomic E-state index is 13.7. The number of aliphatic hydroxyl groups is 1. The summed E-state index contributed by atoms with van der Waals surface area (Å²) in [4.78, 5) is 1.92. The van der Waals surface area contributed by atoms with Crippen molar-refractivity contribution in [2.75, 3.05) is 18.5 Å². The van der Waals surface area contributed by atoms with Crippen LogP contribution in [-0.4, -0.2) is 24.8 Å². The lowest BCUT2D eigenvalue weighted by molar-refractivity contribution is 0.0253. The summed E-state index contributed by atoms with van der Waals surface area (Å²) in [5.41, 5.74) is 0.887. The maximum Gasteiger partial charge on any atom is 0.146 e. The average molecular weight is 265 g/mol. The first-order valence-corrected chi connectivity index (χ1v) is 7.03. The molecule has 106 valence electrons. The van der Waals surface area contributed by atoms with Crippen molar-refractivity contribution >= 4 is 5.69 Å². The Morgan fingerprint density at radius 1 is 1.37 bits per heavy atom. The van der Waals surface area contributed by atoms with E-state index in [1.807, 2.05) is 18.0 Å². The summed E-state index contributed by atoms with van der Waals surface area (Å²) in [7, 11) is 1.90. The first-order valence-electron chi connectivity index (χ1n) is 7.03. The van der Waals surface area contributed by atoms with Gasteiger partial charge in [0, 0.05) is 19.5 Å². The van der Waals surface area contributed by atoms with Gasteiger partial charge in [-0.05, 0) is 36.8 Å². The Labute approximate surface area is 115 Å². The van der Waals surface area contributed by atoms with Crippen molar-refractivity contribution in [3.63, 3.8) is 0 Å². The SMILES string of the molecule is CN(CC1CC(C)(C)CCC1O)c1ccccc1F. The molecule has 19 heavy (non-hydrogen) atoms. The number of hydrogen-bond acceptors (Lipinski definition) is 2. The van der Waals surface area contributed by atoms with E-state index in [1.165, 1.54) is 6.07 Å². The number of nitrogens with zero attached hydrogens (tertiary/aromatic N) is 1. The maximum absolute atomic E-state index is 13.7. The minimum absolute atomic E-state index is 0.199. The van der Waals surface area contributed by atoms with E-state index in [0.717, 1.165) is 19.3 Å². The van der Waals surface area contributed by atoms with Crippen LogP contribution in [0, 0.1) is 17.2 Å². The second kappa shape index (κ2) is 5.49. The molecule has 0 amide bonds. The van der Waals surface area contributed by atoms with Gasteiger partial charge in [0.1, 0.15) is 5.82 Å². The third kappa shape index (κ3) is 3.47. The van der Waals surface area contributed by atoms with Crippen LogP contribution >= 0.6 is 0 Å². The van der Waals surface area contributed by atoms with Crippen LogP contribution in [0.4, 0.5) is 10.1 Å². The quantitative estimate of drug-likeness (QED) is 0.905. The van der Waals surface area contributed by atoms with Crippen LogP contribution in [0.1, 0.15) is 33.1 Å². The Morgan fingerprint density at radius 3 is 2.74 bits per heavy atom. The standard InChI is InChI=1S/C16H24FNO/c1-16(2)9-8-15(19)12(10-16)11-18(3)14-7-5-4-6-13(14)17/h4-7,12,15,19H,8-11H2,1-3H3. The lowest BCUT2D eigenvalue weighted by Crippen LogP contribution is -2.40. The molecule has 0 aromatic heterocycles. The number of para-hydroxylation sites is 1. The second-order valence-electron chi connectivity index (χ2n) is 6.57. The van der Waals surface area contributed by atoms with Crippen LogP contribution in [0.5, 0.6) is 0 Å². The molecule has 0 heterocycles. The Balaban J connectivity index is 2.06. The highest BCUT2D eigenvalue weighted by Crippen LogP contribution is 2.39. The minimum Gasteiger partial charge on any atom is -0.393 e. The summed E-state index contributed by atoms with van der Waals surface area (Å²) < 4.78 is 13.7. The fourth-order valence-electron chi connectivity index (χ4n) is 3.12. The van der Waals surface area contributed by atoms with Gasteiger partial charge in [-0.3, -0.25) is 0 Å². The van der Waals surface area contributed by atoms with Crippen molar-refractivity contribution in [1.29, 1.82) is 0 Å². The monoisotopic (exact) mass is 265 g/mol. The predicted molar refractivity (Wildman–Crippen MR) is 76.8 cm³/mol. The molecule has 0 bridgehead atoms. The van der Waals surface area contributed by atoms with Crippen LogP contribution in [0.2, 0.25) is 0 Å². The number of benzene rings is 1. The molecule has 1 fully saturated rings. The molecule has 0 spiro atoms. The van der Waals surface area contributed by atoms with Gasteiger partial charge in [0.25, 0.3) is 0 Å². The highest BCUT2D eigenvalue weighted by molar-refractivity contribution is 5.46. The Hall–Kier alpha value is -1.09. The molecule has 0 saturated heterocycles. The van der Waals surface area contributed by atoms with Crippen LogP contribution < -0.4 is 4.90 Å². The van der Waals surface area contributed by atoms with E-state index >= 15 is 0 Å². The average Bonchev–Trinajstić information content (AvgIpc) is 2.34. The molecule has 3 heteroatoms. The highest BCUT2D eigenvalue weighted by Gasteiger charge is 2.34. The first-order chi connectivity index (χ1) is 8.89. The molecule has 0 aliphatic heterocycles. The van der Waals surface area contributed by atoms with Crippen molar-refractivity contribution in [2.24, 2.45) is 11.3 Å². The number of anilines is 1. The molecule has 1 N–H and O–H groups in total. The molecule has 1 aliphatic rings. The molecule has 1 saturated carbocycles. The Kier molecular flexibility index (Phi) is 4.14. The van der Waals surface area contributed by atoms with E-state index in [1.54, 1.807) is 12.1 Å². The predicted octanol–water partition coefficient (Wildman–Crippen LogP) is 3.45. The zero-order valence-corrected chi connectivity index (χ0v) is 12.1. The summed E-state index contributed by atoms with van der Waals surface area (Å²) in [6, 6.07) is 6.81. The summed E-state index contributed by atoms with van der Waals surface area (Å²) in [5, 5.41) is 10.1. The molecule has 2 nitrogen and oxygen atoms in total. The van der Waals surface area contributed by atoms with E-state index in [-0.39, 0.29) is 23.3 Å². The summed E-state index contributed by atoms with van der Waals surface area (Å²) in [6.45, 7) is 5.19. The molecule has 1 aliphatic carbocycles. The number of rotatable bonds is 3. The van der Waals surface area contributed by atoms with Crippen LogP contribution in [-0.2, 0) is 0 Å². The van der Waals surface area contributed by atoms with E-state index in [9.17, 15) is 9.50 Å². The van der Waals surface area contributed by atoms with E-state index < -0.39 is 0 Å². The van der Waals surface area contributed by atoms with Crippen molar-refractivity contribution < 1.29 is 9.50 Å². The third-order valence-electron chi connectivity index (χ3n) is 4.25. The summed E-state index contributed by atoms with van der Waals surface area (Å²) >= 11 is 0. The fraction of sp³-hybridized carbons (Fsp3) is 0.625. The zero-order chi connectivity index (χ0) is 14.0. The van der Waals surface area contributed by atoms with Gasteiger partial charge >= 0.3 is 0 Å². The lowest BCUT2D eigenvalue weighted by atomic mass is 9.71. The topological polar surface area (TPSA) is 23.5 Å². The number of aliphatic hydroxyl groups excluding tert-OH is 1. The molecule has 1 aromatic rings.